The van der Waals surface area contributed by atoms with Gasteiger partial charge in [-0.1, -0.05) is 40.2 Å². The fourth-order valence-electron chi connectivity index (χ4n) is 1.62. The predicted octanol–water partition coefficient (Wildman–Crippen LogP) is 3.82. The maximum Gasteiger partial charge on any atom is 0.0679 e. The number of halogens is 1. The molecule has 15 heavy (non-hydrogen) atoms. The number of hydrogen-bond donors (Lipinski definition) is 1. The van der Waals surface area contributed by atoms with Crippen LogP contribution in [-0.2, 0) is 0 Å². The van der Waals surface area contributed by atoms with Crippen molar-refractivity contribution in [2.24, 2.45) is 0 Å². The van der Waals surface area contributed by atoms with Crippen molar-refractivity contribution >= 4 is 27.3 Å². The normalized spacial score (nSPS) is 12.7. The summed E-state index contributed by atoms with van der Waals surface area (Å²) in [5.74, 6) is 0. The molecule has 78 valence electrons. The highest BCUT2D eigenvalue weighted by Crippen LogP contribution is 2.30. The van der Waals surface area contributed by atoms with Gasteiger partial charge in [-0.3, -0.25) is 0 Å². The summed E-state index contributed by atoms with van der Waals surface area (Å²) in [7, 11) is 1.99. The molecule has 0 aliphatic heterocycles. The Morgan fingerprint density at radius 1 is 1.20 bits per heavy atom. The molecule has 0 amide bonds. The molecule has 0 saturated carbocycles. The molecular formula is C12H12BrNS. The fraction of sp³-hybridized carbons (Fsp3) is 0.167. The van der Waals surface area contributed by atoms with E-state index < -0.39 is 0 Å². The molecule has 1 unspecified atom stereocenters. The SMILES string of the molecule is CNC(c1cccs1)c1ccccc1Br. The summed E-state index contributed by atoms with van der Waals surface area (Å²) in [6.07, 6.45) is 0. The Labute approximate surface area is 102 Å². The van der Waals surface area contributed by atoms with Crippen LogP contribution >= 0.6 is 27.3 Å². The molecule has 1 nitrogen and oxygen atoms in total. The first-order valence-electron chi connectivity index (χ1n) is 4.78. The van der Waals surface area contributed by atoms with Crippen molar-refractivity contribution in [3.8, 4) is 0 Å². The van der Waals surface area contributed by atoms with E-state index in [-0.39, 0.29) is 6.04 Å². The van der Waals surface area contributed by atoms with Gasteiger partial charge in [0.25, 0.3) is 0 Å². The van der Waals surface area contributed by atoms with E-state index in [2.05, 4.69) is 57.0 Å². The molecule has 0 radical (unpaired) electrons. The summed E-state index contributed by atoms with van der Waals surface area (Å²) < 4.78 is 1.15. The van der Waals surface area contributed by atoms with Crippen LogP contribution in [0.1, 0.15) is 16.5 Å². The van der Waals surface area contributed by atoms with Gasteiger partial charge in [-0.15, -0.1) is 11.3 Å². The lowest BCUT2D eigenvalue weighted by Gasteiger charge is -2.16. The van der Waals surface area contributed by atoms with E-state index in [1.165, 1.54) is 10.4 Å². The van der Waals surface area contributed by atoms with Crippen LogP contribution in [0.4, 0.5) is 0 Å². The molecule has 0 aliphatic carbocycles. The summed E-state index contributed by atoms with van der Waals surface area (Å²) in [6.45, 7) is 0. The quantitative estimate of drug-likeness (QED) is 0.902. The monoisotopic (exact) mass is 281 g/mol. The van der Waals surface area contributed by atoms with E-state index in [1.807, 2.05) is 13.1 Å². The highest BCUT2D eigenvalue weighted by atomic mass is 79.9. The molecule has 1 heterocycles. The zero-order chi connectivity index (χ0) is 10.7. The van der Waals surface area contributed by atoms with Crippen molar-refractivity contribution in [3.63, 3.8) is 0 Å². The average Bonchev–Trinajstić information content (AvgIpc) is 2.75. The third-order valence-electron chi connectivity index (χ3n) is 2.33. The Hall–Kier alpha value is -0.640. The second kappa shape index (κ2) is 4.92. The van der Waals surface area contributed by atoms with Crippen molar-refractivity contribution in [1.82, 2.24) is 5.32 Å². The maximum atomic E-state index is 3.59. The fourth-order valence-corrected chi connectivity index (χ4v) is 2.98. The molecular weight excluding hydrogens is 270 g/mol. The summed E-state index contributed by atoms with van der Waals surface area (Å²) in [6, 6.07) is 12.8. The summed E-state index contributed by atoms with van der Waals surface area (Å²) in [5.41, 5.74) is 1.28. The van der Waals surface area contributed by atoms with Gasteiger partial charge in [0.05, 0.1) is 6.04 Å². The van der Waals surface area contributed by atoms with Gasteiger partial charge in [0.1, 0.15) is 0 Å². The number of nitrogens with one attached hydrogen (secondary N) is 1. The molecule has 0 fully saturated rings. The van der Waals surface area contributed by atoms with Crippen LogP contribution in [0, 0.1) is 0 Å². The number of thiophene rings is 1. The minimum absolute atomic E-state index is 0.278. The standard InChI is InChI=1S/C12H12BrNS/c1-14-12(11-7-4-8-15-11)9-5-2-3-6-10(9)13/h2-8,12,14H,1H3. The van der Waals surface area contributed by atoms with E-state index in [0.717, 1.165) is 4.47 Å². The van der Waals surface area contributed by atoms with Gasteiger partial charge in [0.2, 0.25) is 0 Å². The lowest BCUT2D eigenvalue weighted by molar-refractivity contribution is 0.701. The van der Waals surface area contributed by atoms with Crippen LogP contribution in [0.2, 0.25) is 0 Å². The molecule has 2 rings (SSSR count). The lowest BCUT2D eigenvalue weighted by Crippen LogP contribution is -2.16. The molecule has 0 aliphatic rings. The van der Waals surface area contributed by atoms with Gasteiger partial charge < -0.3 is 5.32 Å². The predicted molar refractivity (Wildman–Crippen MR) is 69.4 cm³/mol. The van der Waals surface area contributed by atoms with Gasteiger partial charge in [0, 0.05) is 9.35 Å². The second-order valence-corrected chi connectivity index (χ2v) is 5.09. The van der Waals surface area contributed by atoms with Crippen LogP contribution in [0.3, 0.4) is 0 Å². The first kappa shape index (κ1) is 10.9. The maximum absolute atomic E-state index is 3.59. The number of rotatable bonds is 3. The van der Waals surface area contributed by atoms with E-state index in [1.54, 1.807) is 11.3 Å². The lowest BCUT2D eigenvalue weighted by atomic mass is 10.1. The minimum Gasteiger partial charge on any atom is -0.309 e. The van der Waals surface area contributed by atoms with Gasteiger partial charge in [-0.05, 0) is 30.1 Å². The van der Waals surface area contributed by atoms with Crippen LogP contribution in [0.5, 0.6) is 0 Å². The molecule has 3 heteroatoms. The van der Waals surface area contributed by atoms with Crippen molar-refractivity contribution in [3.05, 3.63) is 56.7 Å². The Morgan fingerprint density at radius 3 is 2.60 bits per heavy atom. The van der Waals surface area contributed by atoms with Crippen LogP contribution < -0.4 is 5.32 Å². The second-order valence-electron chi connectivity index (χ2n) is 3.26. The summed E-state index contributed by atoms with van der Waals surface area (Å²) >= 11 is 5.36. The van der Waals surface area contributed by atoms with Crippen molar-refractivity contribution in [2.75, 3.05) is 7.05 Å². The van der Waals surface area contributed by atoms with Gasteiger partial charge in [-0.25, -0.2) is 0 Å². The van der Waals surface area contributed by atoms with Gasteiger partial charge >= 0.3 is 0 Å². The molecule has 0 bridgehead atoms. The van der Waals surface area contributed by atoms with Gasteiger partial charge in [-0.2, -0.15) is 0 Å². The largest absolute Gasteiger partial charge is 0.309 e. The zero-order valence-electron chi connectivity index (χ0n) is 8.41. The first-order valence-corrected chi connectivity index (χ1v) is 6.45. The van der Waals surface area contributed by atoms with Crippen LogP contribution in [0.25, 0.3) is 0 Å². The molecule has 1 N–H and O–H groups in total. The molecule has 1 aromatic heterocycles. The van der Waals surface area contributed by atoms with E-state index in [0.29, 0.717) is 0 Å². The molecule has 1 aromatic carbocycles. The summed E-state index contributed by atoms with van der Waals surface area (Å²) in [5, 5.41) is 5.45. The number of benzene rings is 1. The third kappa shape index (κ3) is 2.30. The molecule has 1 atom stereocenters. The van der Waals surface area contributed by atoms with E-state index >= 15 is 0 Å². The van der Waals surface area contributed by atoms with Gasteiger partial charge in [0.15, 0.2) is 0 Å². The Bertz CT molecular complexity index is 425. The van der Waals surface area contributed by atoms with Crippen molar-refractivity contribution in [2.45, 2.75) is 6.04 Å². The van der Waals surface area contributed by atoms with Crippen LogP contribution in [-0.4, -0.2) is 7.05 Å². The van der Waals surface area contributed by atoms with Crippen molar-refractivity contribution < 1.29 is 0 Å². The Balaban J connectivity index is 2.40. The van der Waals surface area contributed by atoms with E-state index in [9.17, 15) is 0 Å². The smallest absolute Gasteiger partial charge is 0.0679 e. The number of hydrogen-bond acceptors (Lipinski definition) is 2. The molecule has 0 saturated heterocycles. The Kier molecular flexibility index (Phi) is 3.57. The summed E-state index contributed by atoms with van der Waals surface area (Å²) in [4.78, 5) is 1.34. The molecule has 0 spiro atoms. The van der Waals surface area contributed by atoms with E-state index in [4.69, 9.17) is 0 Å². The topological polar surface area (TPSA) is 12.0 Å². The Morgan fingerprint density at radius 2 is 2.00 bits per heavy atom. The first-order chi connectivity index (χ1) is 7.33. The zero-order valence-corrected chi connectivity index (χ0v) is 10.8. The third-order valence-corrected chi connectivity index (χ3v) is 3.99. The highest BCUT2D eigenvalue weighted by Gasteiger charge is 2.14. The molecule has 2 aromatic rings. The van der Waals surface area contributed by atoms with Crippen molar-refractivity contribution in [1.29, 1.82) is 0 Å². The average molecular weight is 282 g/mol. The minimum atomic E-state index is 0.278. The van der Waals surface area contributed by atoms with Crippen LogP contribution in [0.15, 0.2) is 46.3 Å². The highest BCUT2D eigenvalue weighted by molar-refractivity contribution is 9.10.